The van der Waals surface area contributed by atoms with E-state index in [1.165, 1.54) is 56.7 Å². The highest BCUT2D eigenvalue weighted by Gasteiger charge is 2.26. The third kappa shape index (κ3) is 7.69. The maximum Gasteiger partial charge on any atom is 0.421 e. The molecule has 246 valence electrons. The van der Waals surface area contributed by atoms with Crippen molar-refractivity contribution in [3.05, 3.63) is 89.9 Å². The number of hydrogen-bond donors (Lipinski definition) is 1. The zero-order chi connectivity index (χ0) is 33.5. The first kappa shape index (κ1) is 32.9. The largest absolute Gasteiger partial charge is 0.497 e. The molecular weight excluding hydrogens is 607 g/mol. The summed E-state index contributed by atoms with van der Waals surface area (Å²) in [6.45, 7) is 4.35. The predicted octanol–water partition coefficient (Wildman–Crippen LogP) is 5.51. The summed E-state index contributed by atoms with van der Waals surface area (Å²) in [5.74, 6) is 0.295. The van der Waals surface area contributed by atoms with Crippen molar-refractivity contribution >= 4 is 35.2 Å². The van der Waals surface area contributed by atoms with Gasteiger partial charge in [0.2, 0.25) is 5.95 Å². The molecule has 0 aliphatic carbocycles. The number of benzene rings is 3. The molecule has 1 unspecified atom stereocenters. The van der Waals surface area contributed by atoms with Crippen LogP contribution in [0.1, 0.15) is 22.8 Å². The monoisotopic (exact) mass is 644 g/mol. The summed E-state index contributed by atoms with van der Waals surface area (Å²) in [6, 6.07) is 18.1. The van der Waals surface area contributed by atoms with Crippen molar-refractivity contribution in [3.63, 3.8) is 0 Å². The summed E-state index contributed by atoms with van der Waals surface area (Å²) in [4.78, 5) is 40.6. The first-order chi connectivity index (χ1) is 22.7. The molecule has 0 saturated carbocycles. The van der Waals surface area contributed by atoms with E-state index in [-0.39, 0.29) is 35.4 Å². The Balaban J connectivity index is 1.44. The van der Waals surface area contributed by atoms with Gasteiger partial charge in [0.1, 0.15) is 34.4 Å². The van der Waals surface area contributed by atoms with Crippen molar-refractivity contribution in [2.45, 2.75) is 19.5 Å². The Bertz CT molecular complexity index is 1740. The molecule has 1 saturated heterocycles. The molecule has 1 N–H and O–H groups in total. The lowest BCUT2D eigenvalue weighted by atomic mass is 10.1. The minimum atomic E-state index is -0.840. The predicted molar refractivity (Wildman–Crippen MR) is 176 cm³/mol. The molecule has 1 aromatic heterocycles. The number of carbonyl (C=O) groups excluding carboxylic acids is 2. The van der Waals surface area contributed by atoms with E-state index in [1.807, 2.05) is 4.90 Å². The number of amides is 1. The third-order valence-corrected chi connectivity index (χ3v) is 7.95. The maximum absolute atomic E-state index is 15.3. The number of aromatic nitrogens is 2. The molecule has 1 amide bonds. The van der Waals surface area contributed by atoms with Gasteiger partial charge in [0.05, 0.1) is 33.6 Å². The number of ether oxygens (including phenoxy) is 4. The minimum Gasteiger partial charge on any atom is -0.497 e. The van der Waals surface area contributed by atoms with E-state index < -0.39 is 12.1 Å². The quantitative estimate of drug-likeness (QED) is 0.220. The highest BCUT2D eigenvalue weighted by atomic mass is 19.1. The SMILES string of the molecule is COC(=O)c1ccccc1OC(=O)N(Cc1cc(OC)ccc1OC)c1ccnc(Nc2ccc(N3CCN(C)C(C)C3)c(F)c2)n1. The second-order valence-electron chi connectivity index (χ2n) is 10.9. The Morgan fingerprint density at radius 3 is 2.53 bits per heavy atom. The zero-order valence-corrected chi connectivity index (χ0v) is 26.9. The van der Waals surface area contributed by atoms with Crippen LogP contribution in [-0.4, -0.2) is 81.0 Å². The van der Waals surface area contributed by atoms with Gasteiger partial charge in [0.15, 0.2) is 0 Å². The van der Waals surface area contributed by atoms with Gasteiger partial charge in [0.25, 0.3) is 0 Å². The van der Waals surface area contributed by atoms with Gasteiger partial charge in [-0.3, -0.25) is 4.90 Å². The minimum absolute atomic E-state index is 0.00432. The van der Waals surface area contributed by atoms with Crippen LogP contribution in [0.25, 0.3) is 0 Å². The summed E-state index contributed by atoms with van der Waals surface area (Å²) >= 11 is 0. The molecule has 1 fully saturated rings. The summed E-state index contributed by atoms with van der Waals surface area (Å²) in [5.41, 5.74) is 1.62. The number of likely N-dealkylation sites (N-methyl/N-ethyl adjacent to an activating group) is 1. The number of piperazine rings is 1. The number of hydrogen-bond acceptors (Lipinski definition) is 11. The van der Waals surface area contributed by atoms with Gasteiger partial charge in [0, 0.05) is 43.1 Å². The van der Waals surface area contributed by atoms with Gasteiger partial charge < -0.3 is 34.1 Å². The van der Waals surface area contributed by atoms with Crippen molar-refractivity contribution in [2.75, 3.05) is 63.1 Å². The summed E-state index contributed by atoms with van der Waals surface area (Å²) < 4.78 is 36.8. The Hall–Kier alpha value is -5.43. The van der Waals surface area contributed by atoms with E-state index in [9.17, 15) is 9.59 Å². The molecule has 47 heavy (non-hydrogen) atoms. The maximum atomic E-state index is 15.3. The fourth-order valence-corrected chi connectivity index (χ4v) is 5.20. The number of anilines is 4. The fourth-order valence-electron chi connectivity index (χ4n) is 5.20. The number of para-hydroxylation sites is 1. The molecular formula is C34H37FN6O6. The summed E-state index contributed by atoms with van der Waals surface area (Å²) in [5, 5.41) is 3.04. The molecule has 0 spiro atoms. The lowest BCUT2D eigenvalue weighted by molar-refractivity contribution is 0.0598. The summed E-state index contributed by atoms with van der Waals surface area (Å²) in [6.07, 6.45) is 0.625. The van der Waals surface area contributed by atoms with E-state index in [2.05, 4.69) is 34.2 Å². The van der Waals surface area contributed by atoms with Gasteiger partial charge in [-0.15, -0.1) is 0 Å². The van der Waals surface area contributed by atoms with Gasteiger partial charge in [-0.05, 0) is 68.6 Å². The fraction of sp³-hybridized carbons (Fsp3) is 0.294. The van der Waals surface area contributed by atoms with Gasteiger partial charge in [-0.2, -0.15) is 4.98 Å². The number of esters is 1. The number of nitrogens with zero attached hydrogens (tertiary/aromatic N) is 5. The van der Waals surface area contributed by atoms with Crippen LogP contribution in [0, 0.1) is 5.82 Å². The topological polar surface area (TPSA) is 119 Å². The highest BCUT2D eigenvalue weighted by Crippen LogP contribution is 2.30. The van der Waals surface area contributed by atoms with Crippen LogP contribution in [0.2, 0.25) is 0 Å². The number of halogens is 1. The van der Waals surface area contributed by atoms with Gasteiger partial charge >= 0.3 is 12.1 Å². The van der Waals surface area contributed by atoms with Crippen molar-refractivity contribution in [1.82, 2.24) is 14.9 Å². The number of nitrogens with one attached hydrogen (secondary N) is 1. The third-order valence-electron chi connectivity index (χ3n) is 7.95. The van der Waals surface area contributed by atoms with Crippen molar-refractivity contribution in [1.29, 1.82) is 0 Å². The first-order valence-corrected chi connectivity index (χ1v) is 14.9. The van der Waals surface area contributed by atoms with E-state index in [1.54, 1.807) is 42.5 Å². The molecule has 1 aliphatic rings. The van der Waals surface area contributed by atoms with Crippen LogP contribution in [0.3, 0.4) is 0 Å². The normalized spacial score (nSPS) is 14.7. The smallest absolute Gasteiger partial charge is 0.421 e. The summed E-state index contributed by atoms with van der Waals surface area (Å²) in [7, 11) is 6.35. The van der Waals surface area contributed by atoms with Crippen LogP contribution in [0.4, 0.5) is 32.3 Å². The highest BCUT2D eigenvalue weighted by molar-refractivity contribution is 5.95. The molecule has 12 nitrogen and oxygen atoms in total. The molecule has 13 heteroatoms. The van der Waals surface area contributed by atoms with E-state index in [0.29, 0.717) is 34.5 Å². The van der Waals surface area contributed by atoms with Crippen LogP contribution < -0.4 is 29.3 Å². The molecule has 3 aromatic carbocycles. The second kappa shape index (κ2) is 14.8. The molecule has 0 radical (unpaired) electrons. The average molecular weight is 645 g/mol. The van der Waals surface area contributed by atoms with Gasteiger partial charge in [-0.25, -0.2) is 19.0 Å². The van der Waals surface area contributed by atoms with Crippen LogP contribution in [0.5, 0.6) is 17.2 Å². The number of carbonyl (C=O) groups is 2. The first-order valence-electron chi connectivity index (χ1n) is 14.9. The second-order valence-corrected chi connectivity index (χ2v) is 10.9. The van der Waals surface area contributed by atoms with E-state index in [0.717, 1.165) is 19.6 Å². The lowest BCUT2D eigenvalue weighted by Gasteiger charge is -2.39. The van der Waals surface area contributed by atoms with Gasteiger partial charge in [-0.1, -0.05) is 12.1 Å². The standard InChI is InChI=1S/C34H37FN6O6/c1-22-20-40(17-16-39(22)2)28-12-10-24(19-27(28)35)37-33-36-15-14-31(38-33)41(21-23-18-25(44-3)11-13-29(23)45-4)34(43)47-30-9-7-6-8-26(30)32(42)46-5/h6-15,18-19,22H,16-17,20-21H2,1-5H3,(H,36,37,38). The molecule has 2 heterocycles. The van der Waals surface area contributed by atoms with Crippen molar-refractivity contribution in [3.8, 4) is 17.2 Å². The molecule has 1 atom stereocenters. The van der Waals surface area contributed by atoms with Crippen molar-refractivity contribution in [2.24, 2.45) is 0 Å². The lowest BCUT2D eigenvalue weighted by Crippen LogP contribution is -2.50. The average Bonchev–Trinajstić information content (AvgIpc) is 3.08. The molecule has 0 bridgehead atoms. The number of methoxy groups -OCH3 is 3. The number of rotatable bonds is 10. The Morgan fingerprint density at radius 2 is 1.81 bits per heavy atom. The molecule has 1 aliphatic heterocycles. The molecule has 4 aromatic rings. The van der Waals surface area contributed by atoms with E-state index >= 15 is 4.39 Å². The Kier molecular flexibility index (Phi) is 10.4. The Labute approximate surface area is 272 Å². The van der Waals surface area contributed by atoms with E-state index in [4.69, 9.17) is 18.9 Å². The zero-order valence-electron chi connectivity index (χ0n) is 26.9. The van der Waals surface area contributed by atoms with Crippen LogP contribution in [0.15, 0.2) is 72.9 Å². The Morgan fingerprint density at radius 1 is 1.00 bits per heavy atom. The molecule has 5 rings (SSSR count). The van der Waals surface area contributed by atoms with Crippen LogP contribution in [-0.2, 0) is 11.3 Å². The van der Waals surface area contributed by atoms with Crippen molar-refractivity contribution < 1.29 is 32.9 Å². The van der Waals surface area contributed by atoms with Crippen LogP contribution >= 0.6 is 0 Å².